The van der Waals surface area contributed by atoms with Crippen LogP contribution in [0, 0.1) is 16.6 Å². The van der Waals surface area contributed by atoms with Crippen LogP contribution in [0.2, 0.25) is 0 Å². The van der Waals surface area contributed by atoms with Gasteiger partial charge in [0.2, 0.25) is 5.91 Å². The Morgan fingerprint density at radius 3 is 2.55 bits per heavy atom. The first-order chi connectivity index (χ1) is 14.8. The van der Waals surface area contributed by atoms with Gasteiger partial charge in [-0.25, -0.2) is 0 Å². The molecule has 1 aromatic heterocycles. The van der Waals surface area contributed by atoms with Crippen LogP contribution in [0.25, 0.3) is 10.9 Å². The minimum atomic E-state index is -0.241. The summed E-state index contributed by atoms with van der Waals surface area (Å²) in [5, 5.41) is 3.61. The van der Waals surface area contributed by atoms with Crippen LogP contribution in [0.5, 0.6) is 11.5 Å². The molecule has 1 aliphatic rings. The number of aromatic nitrogens is 2. The van der Waals surface area contributed by atoms with Crippen LogP contribution in [-0.2, 0) is 11.3 Å². The van der Waals surface area contributed by atoms with Gasteiger partial charge < -0.3 is 19.8 Å². The molecule has 1 fully saturated rings. The number of nitrogens with one attached hydrogen (secondary N) is 2. The minimum absolute atomic E-state index is 0.0472. The summed E-state index contributed by atoms with van der Waals surface area (Å²) in [7, 11) is 0. The molecule has 7 nitrogen and oxygen atoms in total. The Morgan fingerprint density at radius 1 is 1.19 bits per heavy atom. The fourth-order valence-electron chi connectivity index (χ4n) is 4.28. The number of carbonyl (C=O) groups excluding carboxylic acids is 1. The summed E-state index contributed by atoms with van der Waals surface area (Å²) in [4.78, 5) is 28.8. The van der Waals surface area contributed by atoms with Gasteiger partial charge in [-0.1, -0.05) is 26.7 Å². The average Bonchev–Trinajstić information content (AvgIpc) is 2.72. The van der Waals surface area contributed by atoms with Gasteiger partial charge in [0.25, 0.3) is 5.56 Å². The molecule has 0 spiro atoms. The lowest BCUT2D eigenvalue weighted by Gasteiger charge is -2.34. The first kappa shape index (κ1) is 23.3. The van der Waals surface area contributed by atoms with E-state index in [9.17, 15) is 9.59 Å². The lowest BCUT2D eigenvalue weighted by Crippen LogP contribution is -2.44. The third kappa shape index (κ3) is 5.29. The van der Waals surface area contributed by atoms with Crippen LogP contribution >= 0.6 is 12.2 Å². The van der Waals surface area contributed by atoms with E-state index in [0.717, 1.165) is 12.8 Å². The number of rotatable bonds is 8. The van der Waals surface area contributed by atoms with E-state index in [1.54, 1.807) is 12.1 Å². The lowest BCUT2D eigenvalue weighted by atomic mass is 9.78. The molecule has 8 heteroatoms. The molecule has 1 amide bonds. The second kappa shape index (κ2) is 10.3. The summed E-state index contributed by atoms with van der Waals surface area (Å²) in [6, 6.07) is 3.62. The van der Waals surface area contributed by atoms with Crippen LogP contribution in [0.3, 0.4) is 0 Å². The number of benzene rings is 1. The summed E-state index contributed by atoms with van der Waals surface area (Å²) in [5.74, 6) is 2.10. The van der Waals surface area contributed by atoms with E-state index in [1.165, 1.54) is 11.0 Å². The first-order valence-corrected chi connectivity index (χ1v) is 11.6. The molecule has 1 heterocycles. The van der Waals surface area contributed by atoms with Crippen molar-refractivity contribution in [3.8, 4) is 11.5 Å². The van der Waals surface area contributed by atoms with E-state index >= 15 is 0 Å². The predicted molar refractivity (Wildman–Crippen MR) is 124 cm³/mol. The number of nitrogens with zero attached hydrogens (tertiary/aromatic N) is 1. The second-order valence-electron chi connectivity index (χ2n) is 8.29. The molecule has 2 aromatic rings. The highest BCUT2D eigenvalue weighted by Crippen LogP contribution is 2.31. The maximum atomic E-state index is 13.1. The van der Waals surface area contributed by atoms with Gasteiger partial charge in [-0.2, -0.15) is 0 Å². The molecule has 170 valence electrons. The molecule has 3 rings (SSSR count). The molecular formula is C23H33N3O4S. The van der Waals surface area contributed by atoms with Gasteiger partial charge in [0.15, 0.2) is 16.3 Å². The topological polar surface area (TPSA) is 85.4 Å². The number of fused-ring (bicyclic) bond motifs is 1. The lowest BCUT2D eigenvalue weighted by molar-refractivity contribution is -0.122. The molecule has 31 heavy (non-hydrogen) atoms. The fourth-order valence-corrected chi connectivity index (χ4v) is 4.56. The van der Waals surface area contributed by atoms with Crippen molar-refractivity contribution in [2.45, 2.75) is 66.0 Å². The number of carbonyl (C=O) groups is 1. The molecule has 2 N–H and O–H groups in total. The summed E-state index contributed by atoms with van der Waals surface area (Å²) in [6.07, 6.45) is 3.56. The Bertz CT molecular complexity index is 1050. The molecule has 1 aliphatic carbocycles. The third-order valence-electron chi connectivity index (χ3n) is 6.26. The van der Waals surface area contributed by atoms with Crippen molar-refractivity contribution in [1.29, 1.82) is 0 Å². The quantitative estimate of drug-likeness (QED) is 0.593. The number of hydrogen-bond donors (Lipinski definition) is 2. The molecule has 0 bridgehead atoms. The van der Waals surface area contributed by atoms with Crippen molar-refractivity contribution in [2.75, 3.05) is 13.2 Å². The van der Waals surface area contributed by atoms with Crippen molar-refractivity contribution in [3.63, 3.8) is 0 Å². The van der Waals surface area contributed by atoms with E-state index in [1.807, 2.05) is 13.8 Å². The fraction of sp³-hybridized carbons (Fsp3) is 0.609. The number of H-pyrrole nitrogens is 1. The largest absolute Gasteiger partial charge is 0.490 e. The Kier molecular flexibility index (Phi) is 7.75. The van der Waals surface area contributed by atoms with Gasteiger partial charge in [-0.05, 0) is 50.4 Å². The number of aromatic amines is 1. The standard InChI is InChI=1S/C23H33N3O4S/c1-5-29-19-12-16-18(13-20(19)30-6-2)25-23(31)26(22(16)28)11-10-21(27)24-17-9-7-8-14(3)15(17)4/h12-15,17H,5-11H2,1-4H3,(H,24,27)(H,25,31)/t14-,15-,17-/m1/s1. The molecule has 1 saturated carbocycles. The Labute approximate surface area is 188 Å². The number of hydrogen-bond acceptors (Lipinski definition) is 5. The van der Waals surface area contributed by atoms with E-state index in [4.69, 9.17) is 21.7 Å². The van der Waals surface area contributed by atoms with E-state index in [2.05, 4.69) is 24.1 Å². The van der Waals surface area contributed by atoms with Crippen molar-refractivity contribution < 1.29 is 14.3 Å². The number of amides is 1. The third-order valence-corrected chi connectivity index (χ3v) is 6.58. The van der Waals surface area contributed by atoms with Crippen LogP contribution in [0.15, 0.2) is 16.9 Å². The normalized spacial score (nSPS) is 21.1. The molecule has 0 saturated heterocycles. The molecular weight excluding hydrogens is 414 g/mol. The van der Waals surface area contributed by atoms with E-state index in [-0.39, 0.29) is 35.2 Å². The molecule has 0 radical (unpaired) electrons. The van der Waals surface area contributed by atoms with Crippen LogP contribution in [0.1, 0.15) is 53.4 Å². The zero-order valence-corrected chi connectivity index (χ0v) is 19.6. The Balaban J connectivity index is 1.80. The van der Waals surface area contributed by atoms with Gasteiger partial charge in [-0.15, -0.1) is 0 Å². The summed E-state index contributed by atoms with van der Waals surface area (Å²) >= 11 is 5.41. The van der Waals surface area contributed by atoms with Crippen molar-refractivity contribution in [3.05, 3.63) is 27.3 Å². The van der Waals surface area contributed by atoms with Crippen LogP contribution in [0.4, 0.5) is 0 Å². The SMILES string of the molecule is CCOc1cc2[nH]c(=S)n(CCC(=O)N[C@@H]3CCC[C@@H](C)[C@H]3C)c(=O)c2cc1OCC. The minimum Gasteiger partial charge on any atom is -0.490 e. The summed E-state index contributed by atoms with van der Waals surface area (Å²) < 4.78 is 13.0. The maximum Gasteiger partial charge on any atom is 0.262 e. The van der Waals surface area contributed by atoms with Crippen molar-refractivity contribution in [1.82, 2.24) is 14.9 Å². The van der Waals surface area contributed by atoms with Gasteiger partial charge in [0.05, 0.1) is 24.1 Å². The Morgan fingerprint density at radius 2 is 1.87 bits per heavy atom. The number of ether oxygens (including phenoxy) is 2. The summed E-state index contributed by atoms with van der Waals surface area (Å²) in [6.45, 7) is 9.38. The van der Waals surface area contributed by atoms with E-state index in [0.29, 0.717) is 47.5 Å². The monoisotopic (exact) mass is 447 g/mol. The van der Waals surface area contributed by atoms with Crippen LogP contribution < -0.4 is 20.3 Å². The van der Waals surface area contributed by atoms with Gasteiger partial charge in [0.1, 0.15) is 0 Å². The highest BCUT2D eigenvalue weighted by atomic mass is 32.1. The zero-order chi connectivity index (χ0) is 22.5. The maximum absolute atomic E-state index is 13.1. The van der Waals surface area contributed by atoms with Gasteiger partial charge in [-0.3, -0.25) is 14.2 Å². The molecule has 1 aromatic carbocycles. The predicted octanol–water partition coefficient (Wildman–Crippen LogP) is 4.19. The van der Waals surface area contributed by atoms with Gasteiger partial charge >= 0.3 is 0 Å². The second-order valence-corrected chi connectivity index (χ2v) is 8.68. The average molecular weight is 448 g/mol. The molecule has 3 atom stereocenters. The zero-order valence-electron chi connectivity index (χ0n) is 18.8. The smallest absolute Gasteiger partial charge is 0.262 e. The van der Waals surface area contributed by atoms with E-state index < -0.39 is 0 Å². The first-order valence-electron chi connectivity index (χ1n) is 11.2. The molecule has 0 aliphatic heterocycles. The molecule has 0 unspecified atom stereocenters. The highest BCUT2D eigenvalue weighted by Gasteiger charge is 2.28. The van der Waals surface area contributed by atoms with Crippen LogP contribution in [-0.4, -0.2) is 34.7 Å². The Hall–Kier alpha value is -2.35. The highest BCUT2D eigenvalue weighted by molar-refractivity contribution is 7.71. The van der Waals surface area contributed by atoms with Crippen molar-refractivity contribution >= 4 is 29.0 Å². The van der Waals surface area contributed by atoms with Crippen molar-refractivity contribution in [2.24, 2.45) is 11.8 Å². The summed E-state index contributed by atoms with van der Waals surface area (Å²) in [5.41, 5.74) is 0.350. The van der Waals surface area contributed by atoms with Gasteiger partial charge in [0, 0.05) is 25.1 Å².